The third-order valence-corrected chi connectivity index (χ3v) is 5.77. The highest BCUT2D eigenvalue weighted by Crippen LogP contribution is 2.43. The predicted octanol–water partition coefficient (Wildman–Crippen LogP) is 4.21. The normalized spacial score (nSPS) is 17.2. The zero-order chi connectivity index (χ0) is 24.8. The molecule has 1 fully saturated rings. The van der Waals surface area contributed by atoms with Crippen LogP contribution in [0.4, 0.5) is 0 Å². The van der Waals surface area contributed by atoms with Gasteiger partial charge in [-0.25, -0.2) is 0 Å². The van der Waals surface area contributed by atoms with Gasteiger partial charge in [-0.05, 0) is 30.2 Å². The molecule has 0 aliphatic carbocycles. The molecule has 1 aliphatic heterocycles. The van der Waals surface area contributed by atoms with Crippen molar-refractivity contribution < 1.29 is 33.6 Å². The van der Waals surface area contributed by atoms with E-state index in [4.69, 9.17) is 30.5 Å². The average molecular weight is 490 g/mol. The van der Waals surface area contributed by atoms with Crippen LogP contribution in [0.15, 0.2) is 42.0 Å². The van der Waals surface area contributed by atoms with Gasteiger partial charge in [0.1, 0.15) is 23.0 Å². The molecule has 3 rings (SSSR count). The van der Waals surface area contributed by atoms with Gasteiger partial charge in [-0.15, -0.1) is 0 Å². The molecular weight excluding hydrogens is 462 g/mol. The molecule has 0 radical (unpaired) electrons. The van der Waals surface area contributed by atoms with Crippen molar-refractivity contribution in [2.75, 3.05) is 41.1 Å². The van der Waals surface area contributed by atoms with Gasteiger partial charge in [-0.3, -0.25) is 9.59 Å². The smallest absolute Gasteiger partial charge is 0.295 e. The summed E-state index contributed by atoms with van der Waals surface area (Å²) < 4.78 is 21.4. The lowest BCUT2D eigenvalue weighted by molar-refractivity contribution is -0.140. The summed E-state index contributed by atoms with van der Waals surface area (Å²) in [5.41, 5.74) is 0.744. The number of benzene rings is 2. The first-order valence-electron chi connectivity index (χ1n) is 10.8. The maximum absolute atomic E-state index is 13.1. The number of likely N-dealkylation sites (tertiary alicyclic amines) is 1. The van der Waals surface area contributed by atoms with Crippen LogP contribution in [-0.4, -0.2) is 62.8 Å². The van der Waals surface area contributed by atoms with Gasteiger partial charge in [-0.2, -0.15) is 0 Å². The summed E-state index contributed by atoms with van der Waals surface area (Å²) in [5, 5.41) is 11.5. The lowest BCUT2D eigenvalue weighted by Gasteiger charge is -2.25. The summed E-state index contributed by atoms with van der Waals surface area (Å²) in [5.74, 6) is -0.676. The molecule has 0 spiro atoms. The number of aliphatic hydroxyl groups is 1. The number of ether oxygens (including phenoxy) is 4. The molecule has 34 heavy (non-hydrogen) atoms. The van der Waals surface area contributed by atoms with Crippen LogP contribution in [0.1, 0.15) is 30.5 Å². The second-order valence-corrected chi connectivity index (χ2v) is 8.00. The van der Waals surface area contributed by atoms with Crippen molar-refractivity contribution in [2.24, 2.45) is 0 Å². The number of carbonyl (C=O) groups is 2. The highest BCUT2D eigenvalue weighted by molar-refractivity contribution is 6.46. The first-order chi connectivity index (χ1) is 16.4. The minimum atomic E-state index is -0.832. The summed E-state index contributed by atoms with van der Waals surface area (Å²) in [7, 11) is 4.38. The summed E-state index contributed by atoms with van der Waals surface area (Å²) >= 11 is 6.28. The third-order valence-electron chi connectivity index (χ3n) is 5.47. The van der Waals surface area contributed by atoms with E-state index in [-0.39, 0.29) is 35.1 Å². The van der Waals surface area contributed by atoms with Crippen molar-refractivity contribution in [3.8, 4) is 17.2 Å². The summed E-state index contributed by atoms with van der Waals surface area (Å²) in [6.45, 7) is 2.97. The molecule has 182 valence electrons. The molecule has 2 aromatic carbocycles. The van der Waals surface area contributed by atoms with Crippen LogP contribution in [0.2, 0.25) is 5.02 Å². The van der Waals surface area contributed by atoms with Gasteiger partial charge < -0.3 is 29.0 Å². The highest BCUT2D eigenvalue weighted by Gasteiger charge is 2.46. The Hall–Kier alpha value is -3.23. The van der Waals surface area contributed by atoms with Crippen LogP contribution in [0.5, 0.6) is 17.2 Å². The van der Waals surface area contributed by atoms with Gasteiger partial charge in [0.05, 0.1) is 49.6 Å². The second-order valence-electron chi connectivity index (χ2n) is 7.59. The fourth-order valence-corrected chi connectivity index (χ4v) is 4.04. The third kappa shape index (κ3) is 4.98. The molecule has 1 aliphatic rings. The lowest BCUT2D eigenvalue weighted by atomic mass is 9.95. The number of aliphatic hydroxyl groups excluding tert-OH is 1. The fraction of sp³-hybridized carbons (Fsp3) is 0.360. The number of ketones is 1. The molecule has 1 heterocycles. The van der Waals surface area contributed by atoms with Crippen molar-refractivity contribution in [1.82, 2.24) is 4.90 Å². The molecule has 1 saturated heterocycles. The van der Waals surface area contributed by atoms with Crippen LogP contribution in [0.25, 0.3) is 5.76 Å². The number of rotatable bonds is 10. The van der Waals surface area contributed by atoms with E-state index in [1.54, 1.807) is 24.3 Å². The summed E-state index contributed by atoms with van der Waals surface area (Å²) in [6, 6.07) is 9.20. The monoisotopic (exact) mass is 489 g/mol. The number of nitrogens with zero attached hydrogens (tertiary/aromatic N) is 1. The molecule has 1 atom stereocenters. The average Bonchev–Trinajstić information content (AvgIpc) is 3.10. The van der Waals surface area contributed by atoms with Crippen LogP contribution >= 0.6 is 11.6 Å². The molecular formula is C25H28ClNO7. The van der Waals surface area contributed by atoms with E-state index in [1.807, 2.05) is 6.92 Å². The number of halogens is 1. The Labute approximate surface area is 203 Å². The Morgan fingerprint density at radius 2 is 1.71 bits per heavy atom. The van der Waals surface area contributed by atoms with E-state index in [9.17, 15) is 14.7 Å². The van der Waals surface area contributed by atoms with Crippen molar-refractivity contribution in [2.45, 2.75) is 19.4 Å². The SMILES string of the molecule is CCCOc1ccc(C2/C(=C(\O)c3cc(Cl)c(OC)cc3OC)C(=O)C(=O)N2CCOC)cc1. The number of hydrogen-bond donors (Lipinski definition) is 1. The second kappa shape index (κ2) is 11.3. The van der Waals surface area contributed by atoms with E-state index < -0.39 is 23.5 Å². The van der Waals surface area contributed by atoms with Gasteiger partial charge >= 0.3 is 0 Å². The van der Waals surface area contributed by atoms with Crippen LogP contribution in [0.3, 0.4) is 0 Å². The fourth-order valence-electron chi connectivity index (χ4n) is 3.80. The van der Waals surface area contributed by atoms with E-state index in [2.05, 4.69) is 0 Å². The van der Waals surface area contributed by atoms with E-state index in [1.165, 1.54) is 38.4 Å². The first-order valence-corrected chi connectivity index (χ1v) is 11.2. The van der Waals surface area contributed by atoms with Gasteiger partial charge in [0.2, 0.25) is 0 Å². The highest BCUT2D eigenvalue weighted by atomic mass is 35.5. The zero-order valence-electron chi connectivity index (χ0n) is 19.6. The van der Waals surface area contributed by atoms with Gasteiger partial charge in [0.25, 0.3) is 11.7 Å². The number of carbonyl (C=O) groups excluding carboxylic acids is 2. The molecule has 0 bridgehead atoms. The Morgan fingerprint density at radius 1 is 1.03 bits per heavy atom. The van der Waals surface area contributed by atoms with Gasteiger partial charge in [0, 0.05) is 19.7 Å². The van der Waals surface area contributed by atoms with Crippen molar-refractivity contribution in [1.29, 1.82) is 0 Å². The van der Waals surface area contributed by atoms with Crippen molar-refractivity contribution in [3.63, 3.8) is 0 Å². The number of hydrogen-bond acceptors (Lipinski definition) is 7. The minimum absolute atomic E-state index is 0.0668. The van der Waals surface area contributed by atoms with Crippen LogP contribution < -0.4 is 14.2 Å². The molecule has 1 unspecified atom stereocenters. The Bertz CT molecular complexity index is 1080. The largest absolute Gasteiger partial charge is 0.507 e. The van der Waals surface area contributed by atoms with Gasteiger partial charge in [-0.1, -0.05) is 30.7 Å². The molecule has 1 amide bonds. The summed E-state index contributed by atoms with van der Waals surface area (Å²) in [4.78, 5) is 27.5. The molecule has 0 saturated carbocycles. The molecule has 2 aromatic rings. The van der Waals surface area contributed by atoms with E-state index >= 15 is 0 Å². The predicted molar refractivity (Wildman–Crippen MR) is 128 cm³/mol. The maximum Gasteiger partial charge on any atom is 0.295 e. The molecule has 1 N–H and O–H groups in total. The Balaban J connectivity index is 2.16. The maximum atomic E-state index is 13.1. The number of Topliss-reactive ketones (excluding diaryl/α,β-unsaturated/α-hetero) is 1. The minimum Gasteiger partial charge on any atom is -0.507 e. The Morgan fingerprint density at radius 3 is 2.29 bits per heavy atom. The zero-order valence-corrected chi connectivity index (χ0v) is 20.3. The standard InChI is InChI=1S/C25H28ClNO7/c1-5-11-34-16-8-6-15(7-9-16)22-21(24(29)25(30)27(22)10-12-31-2)23(28)17-13-18(26)20(33-4)14-19(17)32-3/h6-9,13-14,22,28H,5,10-12H2,1-4H3/b23-21+. The first kappa shape index (κ1) is 25.4. The van der Waals surface area contributed by atoms with E-state index in [0.717, 1.165) is 6.42 Å². The number of amides is 1. The van der Waals surface area contributed by atoms with Crippen molar-refractivity contribution >= 4 is 29.1 Å². The van der Waals surface area contributed by atoms with Crippen molar-refractivity contribution in [3.05, 3.63) is 58.1 Å². The van der Waals surface area contributed by atoms with Gasteiger partial charge in [0.15, 0.2) is 0 Å². The molecule has 8 nitrogen and oxygen atoms in total. The van der Waals surface area contributed by atoms with Crippen LogP contribution in [0, 0.1) is 0 Å². The quantitative estimate of drug-likeness (QED) is 0.303. The lowest BCUT2D eigenvalue weighted by Crippen LogP contribution is -2.32. The number of methoxy groups -OCH3 is 3. The Kier molecular flexibility index (Phi) is 8.41. The topological polar surface area (TPSA) is 94.5 Å². The molecule has 0 aromatic heterocycles. The molecule has 9 heteroatoms. The van der Waals surface area contributed by atoms with Crippen LogP contribution in [-0.2, 0) is 14.3 Å². The van der Waals surface area contributed by atoms with E-state index in [0.29, 0.717) is 23.7 Å². The summed E-state index contributed by atoms with van der Waals surface area (Å²) in [6.07, 6.45) is 0.866.